The van der Waals surface area contributed by atoms with Gasteiger partial charge in [-0.15, -0.1) is 0 Å². The van der Waals surface area contributed by atoms with Crippen molar-refractivity contribution in [2.24, 2.45) is 0 Å². The van der Waals surface area contributed by atoms with Crippen LogP contribution in [0.1, 0.15) is 26.7 Å². The molecule has 1 aliphatic rings. The van der Waals surface area contributed by atoms with E-state index < -0.39 is 0 Å². The van der Waals surface area contributed by atoms with Crippen molar-refractivity contribution in [1.82, 2.24) is 9.80 Å². The first kappa shape index (κ1) is 10.5. The molecule has 0 bridgehead atoms. The minimum absolute atomic E-state index is 0.182. The fourth-order valence-corrected chi connectivity index (χ4v) is 1.87. The summed E-state index contributed by atoms with van der Waals surface area (Å²) in [6, 6.07) is 1.05. The fraction of sp³-hybridized carbons (Fsp3) is 0.900. The molecule has 76 valence electrons. The van der Waals surface area contributed by atoms with Crippen LogP contribution in [0.4, 0.5) is 0 Å². The lowest BCUT2D eigenvalue weighted by atomic mass is 9.98. The van der Waals surface area contributed by atoms with Gasteiger partial charge in [0.25, 0.3) is 0 Å². The summed E-state index contributed by atoms with van der Waals surface area (Å²) in [6.07, 6.45) is 2.21. The molecule has 1 amide bonds. The second kappa shape index (κ2) is 4.09. The average Bonchev–Trinajstić information content (AvgIpc) is 2.08. The average molecular weight is 184 g/mol. The maximum Gasteiger partial charge on any atom is 0.219 e. The largest absolute Gasteiger partial charge is 0.343 e. The van der Waals surface area contributed by atoms with Gasteiger partial charge in [0.1, 0.15) is 0 Å². The van der Waals surface area contributed by atoms with E-state index in [4.69, 9.17) is 0 Å². The van der Waals surface area contributed by atoms with E-state index in [9.17, 15) is 4.79 Å². The molecule has 3 heteroatoms. The Bertz CT molecular complexity index is 193. The zero-order chi connectivity index (χ0) is 10.0. The van der Waals surface area contributed by atoms with Gasteiger partial charge in [0.05, 0.1) is 0 Å². The van der Waals surface area contributed by atoms with Crippen molar-refractivity contribution in [3.63, 3.8) is 0 Å². The lowest BCUT2D eigenvalue weighted by Gasteiger charge is -2.39. The van der Waals surface area contributed by atoms with Gasteiger partial charge < -0.3 is 9.80 Å². The smallest absolute Gasteiger partial charge is 0.219 e. The van der Waals surface area contributed by atoms with E-state index in [1.54, 1.807) is 6.92 Å². The van der Waals surface area contributed by atoms with Crippen LogP contribution < -0.4 is 0 Å². The number of hydrogen-bond acceptors (Lipinski definition) is 2. The molecule has 3 nitrogen and oxygen atoms in total. The van der Waals surface area contributed by atoms with Gasteiger partial charge in [0.15, 0.2) is 0 Å². The molecule has 1 fully saturated rings. The molecule has 0 aromatic carbocycles. The number of nitrogens with zero attached hydrogens (tertiary/aromatic N) is 2. The van der Waals surface area contributed by atoms with Crippen LogP contribution in [-0.2, 0) is 4.79 Å². The molecule has 1 rings (SSSR count). The van der Waals surface area contributed by atoms with Crippen LogP contribution in [0.15, 0.2) is 0 Å². The predicted octanol–water partition coefficient (Wildman–Crippen LogP) is 0.947. The molecule has 0 aliphatic carbocycles. The molecule has 0 saturated carbocycles. The molecule has 0 radical (unpaired) electrons. The Hall–Kier alpha value is -0.570. The predicted molar refractivity (Wildman–Crippen MR) is 53.6 cm³/mol. The van der Waals surface area contributed by atoms with Crippen LogP contribution in [0, 0.1) is 0 Å². The third-order valence-corrected chi connectivity index (χ3v) is 3.23. The van der Waals surface area contributed by atoms with Gasteiger partial charge in [0.2, 0.25) is 5.91 Å². The second-order valence-electron chi connectivity index (χ2n) is 4.14. The molecule has 1 aliphatic heterocycles. The number of rotatable bonds is 1. The number of amides is 1. The first-order valence-electron chi connectivity index (χ1n) is 4.96. The standard InChI is InChI=1S/C10H20N2O/c1-8-7-10(5-6-11(8)3)12(4)9(2)13/h8,10H,5-7H2,1-4H3. The van der Waals surface area contributed by atoms with Crippen LogP contribution in [0.25, 0.3) is 0 Å². The Labute approximate surface area is 80.7 Å². The highest BCUT2D eigenvalue weighted by atomic mass is 16.2. The maximum absolute atomic E-state index is 11.1. The maximum atomic E-state index is 11.1. The van der Waals surface area contributed by atoms with Crippen molar-refractivity contribution < 1.29 is 4.79 Å². The quantitative estimate of drug-likeness (QED) is 0.605. The molecule has 0 aromatic heterocycles. The Morgan fingerprint density at radius 1 is 1.54 bits per heavy atom. The normalized spacial score (nSPS) is 30.2. The van der Waals surface area contributed by atoms with Crippen LogP contribution in [0.2, 0.25) is 0 Å². The van der Waals surface area contributed by atoms with Crippen molar-refractivity contribution in [2.75, 3.05) is 20.6 Å². The number of piperidine rings is 1. The summed E-state index contributed by atoms with van der Waals surface area (Å²) in [5.74, 6) is 0.182. The number of hydrogen-bond donors (Lipinski definition) is 0. The highest BCUT2D eigenvalue weighted by Crippen LogP contribution is 2.19. The molecule has 0 aromatic rings. The molecular weight excluding hydrogens is 164 g/mol. The zero-order valence-corrected chi connectivity index (χ0v) is 9.08. The van der Waals surface area contributed by atoms with Gasteiger partial charge in [-0.3, -0.25) is 4.79 Å². The summed E-state index contributed by atoms with van der Waals surface area (Å²) in [5.41, 5.74) is 0. The summed E-state index contributed by atoms with van der Waals surface area (Å²) in [7, 11) is 4.06. The Morgan fingerprint density at radius 2 is 2.15 bits per heavy atom. The third kappa shape index (κ3) is 2.44. The molecule has 0 spiro atoms. The first-order chi connectivity index (χ1) is 6.02. The van der Waals surface area contributed by atoms with Crippen molar-refractivity contribution in [1.29, 1.82) is 0 Å². The highest BCUT2D eigenvalue weighted by Gasteiger charge is 2.26. The van der Waals surface area contributed by atoms with E-state index >= 15 is 0 Å². The van der Waals surface area contributed by atoms with Crippen LogP contribution >= 0.6 is 0 Å². The van der Waals surface area contributed by atoms with Crippen LogP contribution in [-0.4, -0.2) is 48.4 Å². The van der Waals surface area contributed by atoms with Crippen molar-refractivity contribution >= 4 is 5.91 Å². The van der Waals surface area contributed by atoms with Gasteiger partial charge >= 0.3 is 0 Å². The summed E-state index contributed by atoms with van der Waals surface area (Å²) in [4.78, 5) is 15.4. The summed E-state index contributed by atoms with van der Waals surface area (Å²) < 4.78 is 0. The molecular formula is C10H20N2O. The highest BCUT2D eigenvalue weighted by molar-refractivity contribution is 5.73. The van der Waals surface area contributed by atoms with Gasteiger partial charge in [-0.2, -0.15) is 0 Å². The number of likely N-dealkylation sites (tertiary alicyclic amines) is 1. The minimum atomic E-state index is 0.182. The van der Waals surface area contributed by atoms with E-state index in [1.165, 1.54) is 0 Å². The summed E-state index contributed by atoms with van der Waals surface area (Å²) in [5, 5.41) is 0. The lowest BCUT2D eigenvalue weighted by Crippen LogP contribution is -2.47. The third-order valence-electron chi connectivity index (χ3n) is 3.23. The van der Waals surface area contributed by atoms with E-state index in [-0.39, 0.29) is 5.91 Å². The summed E-state index contributed by atoms with van der Waals surface area (Å²) in [6.45, 7) is 4.96. The molecule has 2 unspecified atom stereocenters. The van der Waals surface area contributed by atoms with Gasteiger partial charge in [-0.25, -0.2) is 0 Å². The van der Waals surface area contributed by atoms with Gasteiger partial charge in [0, 0.05) is 32.6 Å². The van der Waals surface area contributed by atoms with E-state index in [2.05, 4.69) is 18.9 Å². The Balaban J connectivity index is 2.50. The topological polar surface area (TPSA) is 23.6 Å². The Morgan fingerprint density at radius 3 is 2.62 bits per heavy atom. The molecule has 2 atom stereocenters. The van der Waals surface area contributed by atoms with Crippen LogP contribution in [0.3, 0.4) is 0 Å². The van der Waals surface area contributed by atoms with Crippen molar-refractivity contribution in [2.45, 2.75) is 38.8 Å². The SMILES string of the molecule is CC(=O)N(C)C1CCN(C)C(C)C1. The number of carbonyl (C=O) groups excluding carboxylic acids is 1. The molecule has 0 N–H and O–H groups in total. The number of carbonyl (C=O) groups is 1. The van der Waals surface area contributed by atoms with Gasteiger partial charge in [-0.1, -0.05) is 0 Å². The van der Waals surface area contributed by atoms with Crippen molar-refractivity contribution in [3.05, 3.63) is 0 Å². The summed E-state index contributed by atoms with van der Waals surface area (Å²) >= 11 is 0. The van der Waals surface area contributed by atoms with E-state index in [0.29, 0.717) is 12.1 Å². The second-order valence-corrected chi connectivity index (χ2v) is 4.14. The van der Waals surface area contributed by atoms with E-state index in [1.807, 2.05) is 11.9 Å². The fourth-order valence-electron chi connectivity index (χ4n) is 1.87. The Kier molecular flexibility index (Phi) is 3.31. The van der Waals surface area contributed by atoms with E-state index in [0.717, 1.165) is 19.4 Å². The monoisotopic (exact) mass is 184 g/mol. The zero-order valence-electron chi connectivity index (χ0n) is 9.08. The molecule has 1 heterocycles. The lowest BCUT2D eigenvalue weighted by molar-refractivity contribution is -0.130. The van der Waals surface area contributed by atoms with Crippen LogP contribution in [0.5, 0.6) is 0 Å². The molecule has 1 saturated heterocycles. The first-order valence-corrected chi connectivity index (χ1v) is 4.96. The van der Waals surface area contributed by atoms with Crippen molar-refractivity contribution in [3.8, 4) is 0 Å². The molecule has 13 heavy (non-hydrogen) atoms. The minimum Gasteiger partial charge on any atom is -0.343 e. The van der Waals surface area contributed by atoms with Gasteiger partial charge in [-0.05, 0) is 26.8 Å².